The Kier molecular flexibility index (Phi) is 6.33. The van der Waals surface area contributed by atoms with E-state index in [9.17, 15) is 9.59 Å². The molecule has 0 heterocycles. The van der Waals surface area contributed by atoms with Crippen LogP contribution in [0.1, 0.15) is 68.5 Å². The molecule has 0 saturated heterocycles. The predicted molar refractivity (Wildman–Crippen MR) is 111 cm³/mol. The number of carbonyl (C=O) groups excluding carboxylic acids is 2. The molecule has 1 unspecified atom stereocenters. The van der Waals surface area contributed by atoms with E-state index in [1.807, 2.05) is 48.5 Å². The van der Waals surface area contributed by atoms with E-state index in [-0.39, 0.29) is 23.1 Å². The highest BCUT2D eigenvalue weighted by Gasteiger charge is 2.35. The zero-order valence-electron chi connectivity index (χ0n) is 17.1. The number of rotatable bonds is 5. The SMILES string of the molecule is CC(C)(C)C1CCC(C(=O)OC(C(=O)c2ccccc2)c2ccccc2)CC1. The van der Waals surface area contributed by atoms with Crippen molar-refractivity contribution < 1.29 is 14.3 Å². The average Bonchev–Trinajstić information content (AvgIpc) is 2.72. The van der Waals surface area contributed by atoms with Crippen LogP contribution in [0.2, 0.25) is 0 Å². The third-order valence-electron chi connectivity index (χ3n) is 5.92. The van der Waals surface area contributed by atoms with Crippen molar-refractivity contribution in [3.8, 4) is 0 Å². The molecule has 3 heteroatoms. The molecule has 1 aliphatic rings. The lowest BCUT2D eigenvalue weighted by molar-refractivity contribution is -0.154. The normalized spacial score (nSPS) is 21.0. The van der Waals surface area contributed by atoms with Gasteiger partial charge < -0.3 is 4.74 Å². The number of Topliss-reactive ketones (excluding diaryl/α,β-unsaturated/α-hetero) is 1. The minimum atomic E-state index is -0.892. The van der Waals surface area contributed by atoms with Crippen molar-refractivity contribution in [2.24, 2.45) is 17.3 Å². The molecule has 3 nitrogen and oxygen atoms in total. The van der Waals surface area contributed by atoms with Gasteiger partial charge in [-0.15, -0.1) is 0 Å². The average molecular weight is 379 g/mol. The number of hydrogen-bond acceptors (Lipinski definition) is 3. The van der Waals surface area contributed by atoms with E-state index >= 15 is 0 Å². The Morgan fingerprint density at radius 3 is 1.93 bits per heavy atom. The standard InChI is InChI=1S/C25H30O3/c1-25(2,3)21-16-14-20(15-17-21)24(27)28-23(19-12-8-5-9-13-19)22(26)18-10-6-4-7-11-18/h4-13,20-21,23H,14-17H2,1-3H3. The molecule has 0 bridgehead atoms. The lowest BCUT2D eigenvalue weighted by Crippen LogP contribution is -2.31. The van der Waals surface area contributed by atoms with Gasteiger partial charge in [0.1, 0.15) is 0 Å². The van der Waals surface area contributed by atoms with Crippen molar-refractivity contribution in [3.05, 3.63) is 71.8 Å². The van der Waals surface area contributed by atoms with Crippen LogP contribution in [0.4, 0.5) is 0 Å². The van der Waals surface area contributed by atoms with E-state index in [0.29, 0.717) is 17.0 Å². The topological polar surface area (TPSA) is 43.4 Å². The highest BCUT2D eigenvalue weighted by atomic mass is 16.5. The molecule has 0 radical (unpaired) electrons. The molecule has 0 aliphatic heterocycles. The van der Waals surface area contributed by atoms with Crippen LogP contribution in [0.25, 0.3) is 0 Å². The maximum Gasteiger partial charge on any atom is 0.310 e. The first-order valence-electron chi connectivity index (χ1n) is 10.2. The summed E-state index contributed by atoms with van der Waals surface area (Å²) in [5.41, 5.74) is 1.54. The summed E-state index contributed by atoms with van der Waals surface area (Å²) in [6.45, 7) is 6.79. The minimum absolute atomic E-state index is 0.117. The zero-order chi connectivity index (χ0) is 20.1. The summed E-state index contributed by atoms with van der Waals surface area (Å²) in [4.78, 5) is 26.0. The van der Waals surface area contributed by atoms with Crippen molar-refractivity contribution in [3.63, 3.8) is 0 Å². The van der Waals surface area contributed by atoms with Crippen LogP contribution in [-0.4, -0.2) is 11.8 Å². The van der Waals surface area contributed by atoms with Gasteiger partial charge >= 0.3 is 5.97 Å². The molecule has 148 valence electrons. The van der Waals surface area contributed by atoms with Crippen molar-refractivity contribution in [1.29, 1.82) is 0 Å². The summed E-state index contributed by atoms with van der Waals surface area (Å²) >= 11 is 0. The zero-order valence-corrected chi connectivity index (χ0v) is 17.1. The molecule has 1 fully saturated rings. The summed E-state index contributed by atoms with van der Waals surface area (Å²) in [6, 6.07) is 18.4. The van der Waals surface area contributed by atoms with Crippen LogP contribution in [0, 0.1) is 17.3 Å². The van der Waals surface area contributed by atoms with E-state index in [4.69, 9.17) is 4.74 Å². The Morgan fingerprint density at radius 2 is 1.39 bits per heavy atom. The van der Waals surface area contributed by atoms with Gasteiger partial charge in [0.05, 0.1) is 5.92 Å². The van der Waals surface area contributed by atoms with Crippen LogP contribution >= 0.6 is 0 Å². The van der Waals surface area contributed by atoms with Gasteiger partial charge in [0.15, 0.2) is 6.10 Å². The van der Waals surface area contributed by atoms with Crippen LogP contribution in [0.15, 0.2) is 60.7 Å². The minimum Gasteiger partial charge on any atom is -0.449 e. The molecule has 0 N–H and O–H groups in total. The fraction of sp³-hybridized carbons (Fsp3) is 0.440. The first-order valence-corrected chi connectivity index (χ1v) is 10.2. The van der Waals surface area contributed by atoms with Crippen LogP contribution in [0.3, 0.4) is 0 Å². The fourth-order valence-electron chi connectivity index (χ4n) is 4.06. The third kappa shape index (κ3) is 4.89. The van der Waals surface area contributed by atoms with Gasteiger partial charge in [-0.05, 0) is 37.0 Å². The van der Waals surface area contributed by atoms with Gasteiger partial charge in [0.25, 0.3) is 0 Å². The Balaban J connectivity index is 1.73. The maximum absolute atomic E-state index is 13.1. The molecule has 3 rings (SSSR count). The van der Waals surface area contributed by atoms with Gasteiger partial charge in [-0.2, -0.15) is 0 Å². The smallest absolute Gasteiger partial charge is 0.310 e. The number of esters is 1. The number of benzene rings is 2. The largest absolute Gasteiger partial charge is 0.449 e. The molecule has 2 aromatic carbocycles. The van der Waals surface area contributed by atoms with E-state index in [2.05, 4.69) is 20.8 Å². The molecular weight excluding hydrogens is 348 g/mol. The fourth-order valence-corrected chi connectivity index (χ4v) is 4.06. The second-order valence-corrected chi connectivity index (χ2v) is 8.87. The molecule has 1 saturated carbocycles. The number of carbonyl (C=O) groups is 2. The monoisotopic (exact) mass is 378 g/mol. The van der Waals surface area contributed by atoms with E-state index in [1.54, 1.807) is 12.1 Å². The lowest BCUT2D eigenvalue weighted by atomic mass is 9.70. The van der Waals surface area contributed by atoms with Crippen LogP contribution < -0.4 is 0 Å². The van der Waals surface area contributed by atoms with Crippen molar-refractivity contribution in [2.75, 3.05) is 0 Å². The summed E-state index contributed by atoms with van der Waals surface area (Å²) < 4.78 is 5.82. The molecule has 1 atom stereocenters. The van der Waals surface area contributed by atoms with Gasteiger partial charge in [-0.3, -0.25) is 9.59 Å². The Morgan fingerprint density at radius 1 is 0.857 bits per heavy atom. The van der Waals surface area contributed by atoms with Crippen molar-refractivity contribution in [2.45, 2.75) is 52.6 Å². The third-order valence-corrected chi connectivity index (χ3v) is 5.92. The van der Waals surface area contributed by atoms with Crippen LogP contribution in [0.5, 0.6) is 0 Å². The second-order valence-electron chi connectivity index (χ2n) is 8.87. The van der Waals surface area contributed by atoms with E-state index in [0.717, 1.165) is 25.7 Å². The molecular formula is C25H30O3. The Labute approximate surface area is 168 Å². The van der Waals surface area contributed by atoms with E-state index < -0.39 is 6.10 Å². The molecule has 0 amide bonds. The maximum atomic E-state index is 13.1. The first-order chi connectivity index (χ1) is 13.4. The van der Waals surface area contributed by atoms with Gasteiger partial charge in [0, 0.05) is 11.1 Å². The summed E-state index contributed by atoms with van der Waals surface area (Å²) in [7, 11) is 0. The van der Waals surface area contributed by atoms with Crippen LogP contribution in [-0.2, 0) is 9.53 Å². The second kappa shape index (κ2) is 8.72. The molecule has 28 heavy (non-hydrogen) atoms. The van der Waals surface area contributed by atoms with Gasteiger partial charge in [0.2, 0.25) is 5.78 Å². The first kappa shape index (κ1) is 20.3. The van der Waals surface area contributed by atoms with Crippen molar-refractivity contribution in [1.82, 2.24) is 0 Å². The number of hydrogen-bond donors (Lipinski definition) is 0. The summed E-state index contributed by atoms with van der Waals surface area (Å²) in [5, 5.41) is 0. The summed E-state index contributed by atoms with van der Waals surface area (Å²) in [5.74, 6) is 0.0924. The van der Waals surface area contributed by atoms with Gasteiger partial charge in [-0.1, -0.05) is 81.4 Å². The highest BCUT2D eigenvalue weighted by molar-refractivity contribution is 6.01. The highest BCUT2D eigenvalue weighted by Crippen LogP contribution is 2.40. The molecule has 0 spiro atoms. The summed E-state index contributed by atoms with van der Waals surface area (Å²) in [6.07, 6.45) is 2.85. The lowest BCUT2D eigenvalue weighted by Gasteiger charge is -2.36. The Hall–Kier alpha value is -2.42. The van der Waals surface area contributed by atoms with E-state index in [1.165, 1.54) is 0 Å². The number of ether oxygens (including phenoxy) is 1. The molecule has 2 aromatic rings. The molecule has 1 aliphatic carbocycles. The quantitative estimate of drug-likeness (QED) is 0.473. The predicted octanol–water partition coefficient (Wildman–Crippen LogP) is 6.01. The van der Waals surface area contributed by atoms with Crippen molar-refractivity contribution >= 4 is 11.8 Å². The number of ketones is 1. The van der Waals surface area contributed by atoms with Gasteiger partial charge in [-0.25, -0.2) is 0 Å². The molecule has 0 aromatic heterocycles. The Bertz CT molecular complexity index is 782.